The van der Waals surface area contributed by atoms with Gasteiger partial charge in [0.05, 0.1) is 0 Å². The third-order valence-electron chi connectivity index (χ3n) is 4.32. The molecule has 0 bridgehead atoms. The average Bonchev–Trinajstić information content (AvgIpc) is 2.08. The fourth-order valence-corrected chi connectivity index (χ4v) is 2.50. The van der Waals surface area contributed by atoms with E-state index in [0.717, 1.165) is 0 Å². The predicted molar refractivity (Wildman–Crippen MR) is 50.7 cm³/mol. The van der Waals surface area contributed by atoms with Gasteiger partial charge in [-0.2, -0.15) is 0 Å². The maximum atomic E-state index is 13.6. The van der Waals surface area contributed by atoms with Gasteiger partial charge in [-0.05, 0) is 29.6 Å². The average molecular weight is 172 g/mol. The van der Waals surface area contributed by atoms with Crippen molar-refractivity contribution in [3.05, 3.63) is 0 Å². The molecule has 0 nitrogen and oxygen atoms in total. The minimum absolute atomic E-state index is 0.242. The highest BCUT2D eigenvalue weighted by Crippen LogP contribution is 2.42. The standard InChI is InChI=1S/C11H21F/c1-6-7(2)9(4)11(12)10(5)8(6)3/h6-11H,1-5H3. The van der Waals surface area contributed by atoms with E-state index in [1.165, 1.54) is 0 Å². The van der Waals surface area contributed by atoms with Crippen LogP contribution in [0.15, 0.2) is 0 Å². The lowest BCUT2D eigenvalue weighted by Crippen LogP contribution is -2.42. The van der Waals surface area contributed by atoms with E-state index in [4.69, 9.17) is 0 Å². The van der Waals surface area contributed by atoms with Crippen LogP contribution in [0, 0.1) is 29.6 Å². The number of rotatable bonds is 0. The van der Waals surface area contributed by atoms with Crippen LogP contribution in [0.5, 0.6) is 0 Å². The minimum Gasteiger partial charge on any atom is -0.247 e. The summed E-state index contributed by atoms with van der Waals surface area (Å²) in [5.41, 5.74) is 0. The van der Waals surface area contributed by atoms with Crippen LogP contribution in [0.2, 0.25) is 0 Å². The first-order valence-electron chi connectivity index (χ1n) is 5.10. The zero-order valence-electron chi connectivity index (χ0n) is 8.84. The Morgan fingerprint density at radius 2 is 0.833 bits per heavy atom. The SMILES string of the molecule is CC1C(C)C(C)C(F)C(C)C1C. The fraction of sp³-hybridized carbons (Fsp3) is 1.00. The fourth-order valence-electron chi connectivity index (χ4n) is 2.50. The van der Waals surface area contributed by atoms with Gasteiger partial charge in [0.25, 0.3) is 0 Å². The van der Waals surface area contributed by atoms with E-state index in [1.54, 1.807) is 0 Å². The van der Waals surface area contributed by atoms with Crippen LogP contribution < -0.4 is 0 Å². The van der Waals surface area contributed by atoms with E-state index in [-0.39, 0.29) is 11.8 Å². The van der Waals surface area contributed by atoms with Gasteiger partial charge in [-0.25, -0.2) is 4.39 Å². The minimum atomic E-state index is -0.591. The van der Waals surface area contributed by atoms with Gasteiger partial charge in [0.2, 0.25) is 0 Å². The van der Waals surface area contributed by atoms with Crippen molar-refractivity contribution >= 4 is 0 Å². The summed E-state index contributed by atoms with van der Waals surface area (Å²) >= 11 is 0. The van der Waals surface area contributed by atoms with Gasteiger partial charge >= 0.3 is 0 Å². The summed E-state index contributed by atoms with van der Waals surface area (Å²) < 4.78 is 13.6. The summed E-state index contributed by atoms with van der Waals surface area (Å²) in [5.74, 6) is 2.22. The van der Waals surface area contributed by atoms with E-state index in [9.17, 15) is 4.39 Å². The normalized spacial score (nSPS) is 55.5. The molecular formula is C11H21F. The van der Waals surface area contributed by atoms with Crippen LogP contribution in [0.25, 0.3) is 0 Å². The Kier molecular flexibility index (Phi) is 2.80. The molecule has 4 unspecified atom stereocenters. The first kappa shape index (κ1) is 10.0. The molecule has 12 heavy (non-hydrogen) atoms. The van der Waals surface area contributed by atoms with Crippen LogP contribution in [-0.2, 0) is 0 Å². The molecule has 0 radical (unpaired) electrons. The molecule has 1 aliphatic rings. The quantitative estimate of drug-likeness (QED) is 0.524. The van der Waals surface area contributed by atoms with Crippen LogP contribution >= 0.6 is 0 Å². The Labute approximate surface area is 75.5 Å². The van der Waals surface area contributed by atoms with Gasteiger partial charge < -0.3 is 0 Å². The zero-order chi connectivity index (χ0) is 9.46. The molecule has 0 saturated heterocycles. The summed E-state index contributed by atoms with van der Waals surface area (Å²) in [7, 11) is 0. The molecule has 0 aliphatic heterocycles. The highest BCUT2D eigenvalue weighted by Gasteiger charge is 2.41. The third-order valence-corrected chi connectivity index (χ3v) is 4.32. The van der Waals surface area contributed by atoms with E-state index < -0.39 is 6.17 Å². The van der Waals surface area contributed by atoms with Crippen molar-refractivity contribution in [1.82, 2.24) is 0 Å². The van der Waals surface area contributed by atoms with Crippen molar-refractivity contribution in [3.8, 4) is 0 Å². The van der Waals surface area contributed by atoms with Crippen LogP contribution in [0.3, 0.4) is 0 Å². The zero-order valence-corrected chi connectivity index (χ0v) is 8.84. The summed E-state index contributed by atoms with van der Waals surface area (Å²) in [5, 5.41) is 0. The Hall–Kier alpha value is -0.0700. The Morgan fingerprint density at radius 1 is 0.583 bits per heavy atom. The van der Waals surface area contributed by atoms with Crippen molar-refractivity contribution < 1.29 is 4.39 Å². The van der Waals surface area contributed by atoms with Gasteiger partial charge in [0.15, 0.2) is 0 Å². The van der Waals surface area contributed by atoms with Gasteiger partial charge in [0.1, 0.15) is 6.17 Å². The van der Waals surface area contributed by atoms with Crippen molar-refractivity contribution in [2.24, 2.45) is 29.6 Å². The first-order chi connectivity index (χ1) is 5.46. The van der Waals surface area contributed by atoms with E-state index in [1.807, 2.05) is 13.8 Å². The summed E-state index contributed by atoms with van der Waals surface area (Å²) in [6.45, 7) is 10.7. The first-order valence-corrected chi connectivity index (χ1v) is 5.10. The van der Waals surface area contributed by atoms with E-state index >= 15 is 0 Å². The molecular weight excluding hydrogens is 151 g/mol. The molecule has 0 amide bonds. The molecule has 1 saturated carbocycles. The largest absolute Gasteiger partial charge is 0.247 e. The van der Waals surface area contributed by atoms with E-state index in [2.05, 4.69) is 20.8 Å². The van der Waals surface area contributed by atoms with Gasteiger partial charge in [0, 0.05) is 0 Å². The van der Waals surface area contributed by atoms with Crippen LogP contribution in [0.4, 0.5) is 4.39 Å². The lowest BCUT2D eigenvalue weighted by atomic mass is 9.64. The number of hydrogen-bond donors (Lipinski definition) is 0. The predicted octanol–water partition coefficient (Wildman–Crippen LogP) is 3.52. The Balaban J connectivity index is 2.76. The summed E-state index contributed by atoms with van der Waals surface area (Å²) in [6, 6.07) is 0. The smallest absolute Gasteiger partial charge is 0.106 e. The van der Waals surface area contributed by atoms with Crippen LogP contribution in [0.1, 0.15) is 34.6 Å². The second-order valence-electron chi connectivity index (χ2n) is 4.74. The maximum Gasteiger partial charge on any atom is 0.106 e. The molecule has 72 valence electrons. The molecule has 0 aromatic carbocycles. The van der Waals surface area contributed by atoms with Gasteiger partial charge in [-0.15, -0.1) is 0 Å². The molecule has 0 aromatic heterocycles. The Bertz CT molecular complexity index is 96.6. The molecule has 0 aromatic rings. The highest BCUT2D eigenvalue weighted by molar-refractivity contribution is 4.89. The molecule has 0 spiro atoms. The highest BCUT2D eigenvalue weighted by atomic mass is 19.1. The Morgan fingerprint density at radius 3 is 1.17 bits per heavy atom. The second-order valence-corrected chi connectivity index (χ2v) is 4.74. The van der Waals surface area contributed by atoms with Gasteiger partial charge in [-0.1, -0.05) is 34.6 Å². The number of hydrogen-bond acceptors (Lipinski definition) is 0. The monoisotopic (exact) mass is 172 g/mol. The molecule has 1 rings (SSSR count). The van der Waals surface area contributed by atoms with Crippen LogP contribution in [-0.4, -0.2) is 6.17 Å². The van der Waals surface area contributed by atoms with Crippen molar-refractivity contribution in [3.63, 3.8) is 0 Å². The third kappa shape index (κ3) is 1.38. The van der Waals surface area contributed by atoms with Gasteiger partial charge in [-0.3, -0.25) is 0 Å². The molecule has 0 N–H and O–H groups in total. The lowest BCUT2D eigenvalue weighted by Gasteiger charge is -2.43. The number of alkyl halides is 1. The molecule has 1 heteroatoms. The molecule has 0 heterocycles. The number of halogens is 1. The topological polar surface area (TPSA) is 0 Å². The molecule has 1 aliphatic carbocycles. The molecule has 1 fully saturated rings. The molecule has 4 atom stereocenters. The summed E-state index contributed by atoms with van der Waals surface area (Å²) in [4.78, 5) is 0. The van der Waals surface area contributed by atoms with Crippen molar-refractivity contribution in [1.29, 1.82) is 0 Å². The lowest BCUT2D eigenvalue weighted by molar-refractivity contribution is -0.00201. The van der Waals surface area contributed by atoms with Crippen molar-refractivity contribution in [2.75, 3.05) is 0 Å². The maximum absolute atomic E-state index is 13.6. The summed E-state index contributed by atoms with van der Waals surface area (Å²) in [6.07, 6.45) is -0.591. The van der Waals surface area contributed by atoms with Crippen molar-refractivity contribution in [2.45, 2.75) is 40.8 Å². The van der Waals surface area contributed by atoms with E-state index in [0.29, 0.717) is 17.8 Å². The second kappa shape index (κ2) is 3.35.